The van der Waals surface area contributed by atoms with Crippen molar-refractivity contribution in [3.63, 3.8) is 0 Å². The van der Waals surface area contributed by atoms with Crippen molar-refractivity contribution in [2.24, 2.45) is 0 Å². The van der Waals surface area contributed by atoms with E-state index in [0.717, 1.165) is 5.01 Å². The van der Waals surface area contributed by atoms with Gasteiger partial charge >= 0.3 is 0 Å². The van der Waals surface area contributed by atoms with Gasteiger partial charge < -0.3 is 0 Å². The van der Waals surface area contributed by atoms with Crippen molar-refractivity contribution in [2.75, 3.05) is 5.32 Å². The molecule has 1 N–H and O–H groups in total. The zero-order valence-corrected chi connectivity index (χ0v) is 11.8. The van der Waals surface area contributed by atoms with E-state index in [1.807, 2.05) is 0 Å². The second-order valence-corrected chi connectivity index (χ2v) is 5.83. The number of amides is 1. The van der Waals surface area contributed by atoms with E-state index in [9.17, 15) is 4.79 Å². The van der Waals surface area contributed by atoms with Crippen LogP contribution in [0.1, 0.15) is 53.5 Å². The molecule has 6 nitrogen and oxygen atoms in total. The number of hydrogen-bond acceptors (Lipinski definition) is 6. The lowest BCUT2D eigenvalue weighted by atomic mass is 9.90. The van der Waals surface area contributed by atoms with Gasteiger partial charge in [-0.25, -0.2) is 4.98 Å². The number of hydrogen-bond donors (Lipinski definition) is 1. The number of anilines is 1. The molecule has 2 heterocycles. The van der Waals surface area contributed by atoms with Crippen LogP contribution in [-0.4, -0.2) is 26.1 Å². The molecule has 0 atom stereocenters. The largest absolute Gasteiger partial charge is 0.295 e. The van der Waals surface area contributed by atoms with E-state index in [4.69, 9.17) is 0 Å². The molecule has 1 aliphatic carbocycles. The van der Waals surface area contributed by atoms with Gasteiger partial charge in [-0.1, -0.05) is 30.6 Å². The van der Waals surface area contributed by atoms with Crippen molar-refractivity contribution >= 4 is 22.4 Å². The molecule has 104 valence electrons. The molecule has 0 bridgehead atoms. The van der Waals surface area contributed by atoms with Crippen LogP contribution in [0.5, 0.6) is 0 Å². The lowest BCUT2D eigenvalue weighted by Crippen LogP contribution is -2.13. The van der Waals surface area contributed by atoms with Gasteiger partial charge in [0.05, 0.1) is 6.20 Å². The Labute approximate surface area is 120 Å². The summed E-state index contributed by atoms with van der Waals surface area (Å²) in [6.45, 7) is 0. The Hall–Kier alpha value is -1.89. The van der Waals surface area contributed by atoms with Crippen molar-refractivity contribution in [3.8, 4) is 0 Å². The minimum atomic E-state index is -0.301. The number of aromatic nitrogens is 4. The Morgan fingerprint density at radius 2 is 2.05 bits per heavy atom. The fourth-order valence-corrected chi connectivity index (χ4v) is 3.28. The second kappa shape index (κ2) is 6.04. The molecule has 2 aromatic heterocycles. The minimum Gasteiger partial charge on any atom is -0.295 e. The van der Waals surface area contributed by atoms with E-state index in [1.165, 1.54) is 62.0 Å². The fraction of sp³-hybridized carbons (Fsp3) is 0.462. The predicted molar refractivity (Wildman–Crippen MR) is 75.7 cm³/mol. The minimum absolute atomic E-state index is 0.280. The zero-order valence-electron chi connectivity index (χ0n) is 11.0. The van der Waals surface area contributed by atoms with Crippen LogP contribution in [0.4, 0.5) is 5.13 Å². The number of rotatable bonds is 3. The number of carbonyl (C=O) groups excluding carboxylic acids is 1. The molecular weight excluding hydrogens is 274 g/mol. The first-order valence-corrected chi connectivity index (χ1v) is 7.55. The third-order valence-electron chi connectivity index (χ3n) is 3.41. The van der Waals surface area contributed by atoms with Crippen LogP contribution in [0.2, 0.25) is 0 Å². The maximum absolute atomic E-state index is 11.9. The first kappa shape index (κ1) is 13.1. The number of nitrogens with one attached hydrogen (secondary N) is 1. The number of carbonyl (C=O) groups is 1. The zero-order chi connectivity index (χ0) is 13.8. The Morgan fingerprint density at radius 3 is 2.80 bits per heavy atom. The highest BCUT2D eigenvalue weighted by atomic mass is 32.1. The molecule has 20 heavy (non-hydrogen) atoms. The van der Waals surface area contributed by atoms with Crippen molar-refractivity contribution in [2.45, 2.75) is 38.0 Å². The summed E-state index contributed by atoms with van der Waals surface area (Å²) >= 11 is 1.46. The monoisotopic (exact) mass is 289 g/mol. The van der Waals surface area contributed by atoms with E-state index in [0.29, 0.717) is 11.0 Å². The molecule has 0 aliphatic heterocycles. The summed E-state index contributed by atoms with van der Waals surface area (Å²) < 4.78 is 0. The molecular formula is C13H15N5OS. The highest BCUT2D eigenvalue weighted by Gasteiger charge is 2.20. The van der Waals surface area contributed by atoms with E-state index in [2.05, 4.69) is 25.5 Å². The van der Waals surface area contributed by atoms with E-state index < -0.39 is 0 Å². The Balaban J connectivity index is 1.66. The van der Waals surface area contributed by atoms with Gasteiger partial charge in [-0.3, -0.25) is 15.1 Å². The van der Waals surface area contributed by atoms with Gasteiger partial charge in [0.25, 0.3) is 5.91 Å². The SMILES string of the molecule is O=C(Nc1nnc(C2CCCCC2)s1)c1cnccn1. The molecule has 0 unspecified atom stereocenters. The quantitative estimate of drug-likeness (QED) is 0.939. The summed E-state index contributed by atoms with van der Waals surface area (Å²) in [7, 11) is 0. The molecule has 1 aliphatic rings. The lowest BCUT2D eigenvalue weighted by molar-refractivity contribution is 0.102. The van der Waals surface area contributed by atoms with Crippen molar-refractivity contribution in [3.05, 3.63) is 29.3 Å². The van der Waals surface area contributed by atoms with Crippen LogP contribution >= 0.6 is 11.3 Å². The standard InChI is InChI=1S/C13H15N5OS/c19-11(10-8-14-6-7-15-10)16-13-18-17-12(20-13)9-4-2-1-3-5-9/h6-9H,1-5H2,(H,16,18,19). The Morgan fingerprint density at radius 1 is 1.20 bits per heavy atom. The van der Waals surface area contributed by atoms with Crippen molar-refractivity contribution < 1.29 is 4.79 Å². The van der Waals surface area contributed by atoms with Crippen LogP contribution < -0.4 is 5.32 Å². The molecule has 3 rings (SSSR count). The summed E-state index contributed by atoms with van der Waals surface area (Å²) in [6.07, 6.45) is 10.6. The van der Waals surface area contributed by atoms with Crippen LogP contribution in [0.25, 0.3) is 0 Å². The molecule has 7 heteroatoms. The lowest BCUT2D eigenvalue weighted by Gasteiger charge is -2.18. The first-order chi connectivity index (χ1) is 9.83. The van der Waals surface area contributed by atoms with Gasteiger partial charge in [-0.05, 0) is 12.8 Å². The molecule has 0 saturated heterocycles. The molecule has 0 aromatic carbocycles. The normalized spacial score (nSPS) is 16.0. The van der Waals surface area contributed by atoms with Crippen LogP contribution in [0.15, 0.2) is 18.6 Å². The van der Waals surface area contributed by atoms with Crippen molar-refractivity contribution in [1.29, 1.82) is 0 Å². The molecule has 1 saturated carbocycles. The van der Waals surface area contributed by atoms with Gasteiger partial charge in [0.15, 0.2) is 0 Å². The number of nitrogens with zero attached hydrogens (tertiary/aromatic N) is 4. The van der Waals surface area contributed by atoms with E-state index in [1.54, 1.807) is 0 Å². The summed E-state index contributed by atoms with van der Waals surface area (Å²) in [5, 5.41) is 12.5. The smallest absolute Gasteiger partial charge is 0.277 e. The van der Waals surface area contributed by atoms with E-state index >= 15 is 0 Å². The second-order valence-electron chi connectivity index (χ2n) is 4.83. The topological polar surface area (TPSA) is 80.7 Å². The highest BCUT2D eigenvalue weighted by Crippen LogP contribution is 2.35. The molecule has 2 aromatic rings. The predicted octanol–water partition coefficient (Wildman–Crippen LogP) is 2.63. The maximum Gasteiger partial charge on any atom is 0.277 e. The highest BCUT2D eigenvalue weighted by molar-refractivity contribution is 7.15. The van der Waals surface area contributed by atoms with Crippen LogP contribution in [-0.2, 0) is 0 Å². The Bertz CT molecular complexity index is 579. The summed E-state index contributed by atoms with van der Waals surface area (Å²) in [4.78, 5) is 19.7. The van der Waals surface area contributed by atoms with Gasteiger partial charge in [0.1, 0.15) is 10.7 Å². The first-order valence-electron chi connectivity index (χ1n) is 6.73. The average Bonchev–Trinajstić information content (AvgIpc) is 2.97. The third kappa shape index (κ3) is 2.98. The van der Waals surface area contributed by atoms with Gasteiger partial charge in [0, 0.05) is 18.3 Å². The van der Waals surface area contributed by atoms with Gasteiger partial charge in [-0.2, -0.15) is 0 Å². The van der Waals surface area contributed by atoms with Crippen LogP contribution in [0, 0.1) is 0 Å². The molecule has 1 amide bonds. The molecule has 1 fully saturated rings. The molecule has 0 radical (unpaired) electrons. The van der Waals surface area contributed by atoms with E-state index in [-0.39, 0.29) is 11.6 Å². The Kier molecular flexibility index (Phi) is 3.96. The summed E-state index contributed by atoms with van der Waals surface area (Å²) in [5.41, 5.74) is 0.280. The van der Waals surface area contributed by atoms with Gasteiger partial charge in [0.2, 0.25) is 5.13 Å². The summed E-state index contributed by atoms with van der Waals surface area (Å²) in [5.74, 6) is 0.202. The third-order valence-corrected chi connectivity index (χ3v) is 4.41. The summed E-state index contributed by atoms with van der Waals surface area (Å²) in [6, 6.07) is 0. The van der Waals surface area contributed by atoms with Crippen molar-refractivity contribution in [1.82, 2.24) is 20.2 Å². The van der Waals surface area contributed by atoms with Crippen LogP contribution in [0.3, 0.4) is 0 Å². The molecule has 0 spiro atoms. The van der Waals surface area contributed by atoms with Gasteiger partial charge in [-0.15, -0.1) is 10.2 Å². The fourth-order valence-electron chi connectivity index (χ4n) is 2.38. The maximum atomic E-state index is 11.9. The average molecular weight is 289 g/mol.